The summed E-state index contributed by atoms with van der Waals surface area (Å²) < 4.78 is 29.3. The first-order valence-corrected chi connectivity index (χ1v) is 13.3. The number of aromatic nitrogens is 1. The number of anilines is 1. The topological polar surface area (TPSA) is 96.4 Å². The van der Waals surface area contributed by atoms with Crippen molar-refractivity contribution in [2.45, 2.75) is 37.8 Å². The van der Waals surface area contributed by atoms with E-state index in [1.165, 1.54) is 32.7 Å². The molecule has 9 nitrogen and oxygen atoms in total. The zero-order valence-electron chi connectivity index (χ0n) is 21.6. The molecule has 1 aromatic heterocycles. The van der Waals surface area contributed by atoms with Gasteiger partial charge in [0.2, 0.25) is 5.75 Å². The lowest BCUT2D eigenvalue weighted by atomic mass is 9.77. The summed E-state index contributed by atoms with van der Waals surface area (Å²) in [6.07, 6.45) is 3.17. The number of nitrogens with zero attached hydrogens (tertiary/aromatic N) is 2. The van der Waals surface area contributed by atoms with E-state index in [0.717, 1.165) is 35.9 Å². The van der Waals surface area contributed by atoms with E-state index in [4.69, 9.17) is 28.7 Å². The van der Waals surface area contributed by atoms with E-state index in [2.05, 4.69) is 0 Å². The third kappa shape index (κ3) is 3.69. The molecule has 3 heterocycles. The second kappa shape index (κ2) is 9.50. The smallest absolute Gasteiger partial charge is 0.296 e. The molecule has 1 amide bonds. The van der Waals surface area contributed by atoms with Crippen molar-refractivity contribution in [1.82, 2.24) is 4.98 Å². The predicted molar refractivity (Wildman–Crippen MR) is 141 cm³/mol. The number of carbonyl (C=O) groups is 2. The van der Waals surface area contributed by atoms with Crippen LogP contribution < -0.4 is 23.8 Å². The number of methoxy groups -OCH3 is 4. The third-order valence-electron chi connectivity index (χ3n) is 7.56. The first-order valence-electron chi connectivity index (χ1n) is 12.5. The number of fused-ring (bicyclic) bond motifs is 2. The van der Waals surface area contributed by atoms with Gasteiger partial charge in [0, 0.05) is 0 Å². The first kappa shape index (κ1) is 24.5. The maximum absolute atomic E-state index is 14.0. The van der Waals surface area contributed by atoms with Gasteiger partial charge in [-0.3, -0.25) is 14.5 Å². The lowest BCUT2D eigenvalue weighted by molar-refractivity contribution is -0.131. The normalized spacial score (nSPS) is 22.7. The highest BCUT2D eigenvalue weighted by Gasteiger charge is 2.53. The van der Waals surface area contributed by atoms with Crippen LogP contribution in [0.25, 0.3) is 10.2 Å². The van der Waals surface area contributed by atoms with Gasteiger partial charge in [-0.25, -0.2) is 4.98 Å². The lowest BCUT2D eigenvalue weighted by Crippen LogP contribution is -2.39. The number of amides is 1. The summed E-state index contributed by atoms with van der Waals surface area (Å²) >= 11 is 1.36. The molecule has 10 heteroatoms. The maximum Gasteiger partial charge on any atom is 0.296 e. The molecule has 0 saturated heterocycles. The van der Waals surface area contributed by atoms with Gasteiger partial charge in [0.1, 0.15) is 11.9 Å². The van der Waals surface area contributed by atoms with Gasteiger partial charge >= 0.3 is 0 Å². The summed E-state index contributed by atoms with van der Waals surface area (Å²) in [5.41, 5.74) is 1.73. The first-order chi connectivity index (χ1) is 18.5. The van der Waals surface area contributed by atoms with Crippen LogP contribution in [-0.2, 0) is 14.3 Å². The molecule has 0 radical (unpaired) electrons. The summed E-state index contributed by atoms with van der Waals surface area (Å²) in [4.78, 5) is 34.4. The standard InChI is InChI=1S/C28H28N2O7S/c1-33-15-9-10-17-21(13-15)38-28(29-17)30-23(14-11-19(34-2)25(36-4)20(12-14)35-3)22-24(31)16-7-5-6-8-18(16)37-26(22)27(30)32/h9-13,16,18,23H,5-8H2,1-4H3. The van der Waals surface area contributed by atoms with Crippen molar-refractivity contribution >= 4 is 38.4 Å². The molecule has 38 heavy (non-hydrogen) atoms. The van der Waals surface area contributed by atoms with Crippen molar-refractivity contribution in [3.63, 3.8) is 0 Å². The lowest BCUT2D eigenvalue weighted by Gasteiger charge is -2.35. The van der Waals surface area contributed by atoms with Crippen molar-refractivity contribution in [3.8, 4) is 23.0 Å². The molecule has 0 N–H and O–H groups in total. The summed E-state index contributed by atoms with van der Waals surface area (Å²) in [6, 6.07) is 8.36. The van der Waals surface area contributed by atoms with Gasteiger partial charge in [0.05, 0.1) is 56.2 Å². The average Bonchev–Trinajstić information content (AvgIpc) is 3.50. The molecule has 3 atom stereocenters. The Labute approximate surface area is 223 Å². The molecule has 2 aliphatic heterocycles. The Kier molecular flexibility index (Phi) is 6.14. The van der Waals surface area contributed by atoms with E-state index < -0.39 is 6.04 Å². The van der Waals surface area contributed by atoms with E-state index in [1.807, 2.05) is 18.2 Å². The van der Waals surface area contributed by atoms with E-state index >= 15 is 0 Å². The number of carbonyl (C=O) groups excluding carboxylic acids is 2. The summed E-state index contributed by atoms with van der Waals surface area (Å²) in [5.74, 6) is 1.42. The van der Waals surface area contributed by atoms with E-state index in [9.17, 15) is 9.59 Å². The van der Waals surface area contributed by atoms with E-state index in [1.54, 1.807) is 24.1 Å². The van der Waals surface area contributed by atoms with E-state index in [0.29, 0.717) is 39.3 Å². The highest BCUT2D eigenvalue weighted by atomic mass is 32.1. The molecule has 198 valence electrons. The van der Waals surface area contributed by atoms with Crippen molar-refractivity contribution < 1.29 is 33.3 Å². The molecular formula is C28H28N2O7S. The fraction of sp³-hybridized carbons (Fsp3) is 0.393. The maximum atomic E-state index is 14.0. The number of hydrogen-bond acceptors (Lipinski definition) is 9. The van der Waals surface area contributed by atoms with Crippen molar-refractivity contribution in [3.05, 3.63) is 47.2 Å². The minimum Gasteiger partial charge on any atom is -0.497 e. The van der Waals surface area contributed by atoms with Gasteiger partial charge in [-0.2, -0.15) is 0 Å². The Hall–Kier alpha value is -3.79. The Morgan fingerprint density at radius 3 is 2.37 bits per heavy atom. The average molecular weight is 537 g/mol. The number of thiazole rings is 1. The summed E-state index contributed by atoms with van der Waals surface area (Å²) in [5, 5.41) is 0.464. The van der Waals surface area contributed by atoms with Gasteiger partial charge in [0.15, 0.2) is 28.2 Å². The van der Waals surface area contributed by atoms with Crippen molar-refractivity contribution in [2.24, 2.45) is 5.92 Å². The highest BCUT2D eigenvalue weighted by Crippen LogP contribution is 2.51. The second-order valence-corrected chi connectivity index (χ2v) is 10.5. The molecule has 0 spiro atoms. The highest BCUT2D eigenvalue weighted by molar-refractivity contribution is 7.22. The molecule has 1 aliphatic carbocycles. The molecular weight excluding hydrogens is 508 g/mol. The largest absolute Gasteiger partial charge is 0.497 e. The van der Waals surface area contributed by atoms with Crippen LogP contribution in [-0.4, -0.2) is 51.2 Å². The van der Waals surface area contributed by atoms with Gasteiger partial charge < -0.3 is 23.7 Å². The summed E-state index contributed by atoms with van der Waals surface area (Å²) in [7, 11) is 6.20. The molecule has 3 aliphatic rings. The Bertz CT molecular complexity index is 1450. The number of Topliss-reactive ketones (excluding diaryl/α,β-unsaturated/α-hetero) is 1. The Morgan fingerprint density at radius 1 is 0.947 bits per heavy atom. The number of ketones is 1. The van der Waals surface area contributed by atoms with Crippen molar-refractivity contribution in [1.29, 1.82) is 0 Å². The monoisotopic (exact) mass is 536 g/mol. The minimum absolute atomic E-state index is 0.0340. The third-order valence-corrected chi connectivity index (χ3v) is 8.57. The van der Waals surface area contributed by atoms with Crippen LogP contribution in [0, 0.1) is 5.92 Å². The van der Waals surface area contributed by atoms with Crippen LogP contribution in [0.5, 0.6) is 23.0 Å². The molecule has 0 bridgehead atoms. The summed E-state index contributed by atoms with van der Waals surface area (Å²) in [6.45, 7) is 0. The van der Waals surface area contributed by atoms with Crippen molar-refractivity contribution in [2.75, 3.05) is 33.3 Å². The van der Waals surface area contributed by atoms with Crippen LogP contribution in [0.3, 0.4) is 0 Å². The molecule has 3 aromatic rings. The molecule has 1 saturated carbocycles. The molecule has 6 rings (SSSR count). The predicted octanol–water partition coefficient (Wildman–Crippen LogP) is 4.83. The van der Waals surface area contributed by atoms with Crippen LogP contribution in [0.2, 0.25) is 0 Å². The zero-order valence-corrected chi connectivity index (χ0v) is 22.4. The van der Waals surface area contributed by atoms with Crippen LogP contribution in [0.1, 0.15) is 37.3 Å². The van der Waals surface area contributed by atoms with Crippen LogP contribution >= 0.6 is 11.3 Å². The fourth-order valence-electron chi connectivity index (χ4n) is 5.74. The number of ether oxygens (including phenoxy) is 5. The minimum atomic E-state index is -0.760. The number of benzene rings is 2. The SMILES string of the molecule is COc1ccc2nc(N3C(=O)C4=C(C(=O)C5CCCCC5O4)C3c3cc(OC)c(OC)c(OC)c3)sc2c1. The molecule has 1 fully saturated rings. The molecule has 3 unspecified atom stereocenters. The Morgan fingerprint density at radius 2 is 1.68 bits per heavy atom. The van der Waals surface area contributed by atoms with Gasteiger partial charge in [-0.15, -0.1) is 0 Å². The van der Waals surface area contributed by atoms with E-state index in [-0.39, 0.29) is 29.5 Å². The Balaban J connectivity index is 1.55. The number of hydrogen-bond donors (Lipinski definition) is 0. The molecule has 2 aromatic carbocycles. The van der Waals surface area contributed by atoms with Gasteiger partial charge in [-0.1, -0.05) is 17.8 Å². The number of rotatable bonds is 6. The van der Waals surface area contributed by atoms with Gasteiger partial charge in [0.25, 0.3) is 5.91 Å². The van der Waals surface area contributed by atoms with Gasteiger partial charge in [-0.05, 0) is 55.2 Å². The zero-order chi connectivity index (χ0) is 26.6. The van der Waals surface area contributed by atoms with Crippen LogP contribution in [0.15, 0.2) is 41.7 Å². The quantitative estimate of drug-likeness (QED) is 0.442. The fourth-order valence-corrected chi connectivity index (χ4v) is 6.76. The second-order valence-electron chi connectivity index (χ2n) is 9.52. The van der Waals surface area contributed by atoms with Crippen LogP contribution in [0.4, 0.5) is 5.13 Å².